The van der Waals surface area contributed by atoms with Gasteiger partial charge in [0.15, 0.2) is 0 Å². The van der Waals surface area contributed by atoms with Crippen LogP contribution in [0.1, 0.15) is 24.0 Å². The van der Waals surface area contributed by atoms with Gasteiger partial charge in [-0.15, -0.1) is 0 Å². The Balaban J connectivity index is 1.44. The summed E-state index contributed by atoms with van der Waals surface area (Å²) in [6.45, 7) is 0.206. The second-order valence-corrected chi connectivity index (χ2v) is 10.6. The first kappa shape index (κ1) is 24.1. The van der Waals surface area contributed by atoms with Gasteiger partial charge in [0, 0.05) is 24.4 Å². The van der Waals surface area contributed by atoms with E-state index >= 15 is 0 Å². The lowest BCUT2D eigenvalue weighted by atomic mass is 9.99. The molecule has 1 saturated heterocycles. The average molecular weight is 498 g/mol. The molecule has 0 spiro atoms. The number of rotatable bonds is 8. The summed E-state index contributed by atoms with van der Waals surface area (Å²) in [6.07, 6.45) is 1.42. The van der Waals surface area contributed by atoms with Crippen LogP contribution in [0.2, 0.25) is 5.02 Å². The molecular weight excluding hydrogens is 474 g/mol. The number of carboxylic acid groups (broad SMARTS) is 1. The van der Waals surface area contributed by atoms with Gasteiger partial charge >= 0.3 is 5.97 Å². The van der Waals surface area contributed by atoms with Crippen LogP contribution < -0.4 is 0 Å². The molecule has 0 aliphatic carbocycles. The molecule has 4 rings (SSSR count). The van der Waals surface area contributed by atoms with Crippen LogP contribution in [0.4, 0.5) is 0 Å². The highest BCUT2D eigenvalue weighted by Gasteiger charge is 2.39. The average Bonchev–Trinajstić information content (AvgIpc) is 3.33. The van der Waals surface area contributed by atoms with Crippen LogP contribution in [-0.2, 0) is 32.5 Å². The zero-order valence-electron chi connectivity index (χ0n) is 18.4. The predicted molar refractivity (Wildman–Crippen MR) is 130 cm³/mol. The summed E-state index contributed by atoms with van der Waals surface area (Å²) in [5.41, 5.74) is 3.40. The molecule has 0 radical (unpaired) electrons. The second-order valence-electron chi connectivity index (χ2n) is 8.32. The first-order valence-corrected chi connectivity index (χ1v) is 12.8. The van der Waals surface area contributed by atoms with Gasteiger partial charge in [0.1, 0.15) is 11.8 Å². The molecule has 1 N–H and O–H groups in total. The highest BCUT2D eigenvalue weighted by atomic mass is 35.5. The van der Waals surface area contributed by atoms with Crippen LogP contribution in [0, 0.1) is 0 Å². The smallest absolute Gasteiger partial charge is 0.322 e. The molecule has 0 amide bonds. The molecule has 0 unspecified atom stereocenters. The number of carbonyl (C=O) groups excluding carboxylic acids is 1. The summed E-state index contributed by atoms with van der Waals surface area (Å²) in [7, 11) is -3.88. The quantitative estimate of drug-likeness (QED) is 0.491. The van der Waals surface area contributed by atoms with Gasteiger partial charge in [-0.2, -0.15) is 4.31 Å². The van der Waals surface area contributed by atoms with Crippen LogP contribution in [0.25, 0.3) is 11.1 Å². The minimum atomic E-state index is -3.88. The number of benzene rings is 3. The van der Waals surface area contributed by atoms with Crippen LogP contribution >= 0.6 is 11.6 Å². The van der Waals surface area contributed by atoms with Crippen molar-refractivity contribution in [3.8, 4) is 11.1 Å². The van der Waals surface area contributed by atoms with Crippen molar-refractivity contribution in [3.63, 3.8) is 0 Å². The summed E-state index contributed by atoms with van der Waals surface area (Å²) < 4.78 is 26.9. The number of hydrogen-bond donors (Lipinski definition) is 1. The van der Waals surface area contributed by atoms with E-state index in [2.05, 4.69) is 0 Å². The van der Waals surface area contributed by atoms with Crippen LogP contribution in [0.3, 0.4) is 0 Å². The molecule has 0 bridgehead atoms. The Bertz CT molecular complexity index is 1300. The van der Waals surface area contributed by atoms with Crippen molar-refractivity contribution in [3.05, 3.63) is 88.9 Å². The van der Waals surface area contributed by atoms with Crippen LogP contribution in [0.15, 0.2) is 77.7 Å². The van der Waals surface area contributed by atoms with E-state index < -0.39 is 22.0 Å². The zero-order valence-corrected chi connectivity index (χ0v) is 19.9. The SMILES string of the molecule is O=C(Cc1ccc(-c2ccc(S(=O)(=O)N3CCC[C@H]3C(=O)O)cc2)cc1)Cc1ccccc1Cl. The standard InChI is InChI=1S/C26H24ClNO5S/c27-24-5-2-1-4-21(24)17-22(29)16-18-7-9-19(10-8-18)20-11-13-23(14-12-20)34(32,33)28-15-3-6-25(28)26(30)31/h1-2,4-5,7-14,25H,3,6,15-17H2,(H,30,31)/t25-/m0/s1. The summed E-state index contributed by atoms with van der Waals surface area (Å²) in [5, 5.41) is 9.90. The largest absolute Gasteiger partial charge is 0.480 e. The van der Waals surface area contributed by atoms with Crippen molar-refractivity contribution < 1.29 is 23.1 Å². The fourth-order valence-corrected chi connectivity index (χ4v) is 6.04. The van der Waals surface area contributed by atoms with E-state index in [1.54, 1.807) is 18.2 Å². The highest BCUT2D eigenvalue weighted by molar-refractivity contribution is 7.89. The highest BCUT2D eigenvalue weighted by Crippen LogP contribution is 2.28. The summed E-state index contributed by atoms with van der Waals surface area (Å²) in [5.74, 6) is -1.06. The van der Waals surface area contributed by atoms with Crippen molar-refractivity contribution in [2.75, 3.05) is 6.54 Å². The molecule has 3 aromatic rings. The van der Waals surface area contributed by atoms with E-state index in [1.807, 2.05) is 42.5 Å². The van der Waals surface area contributed by atoms with Gasteiger partial charge in [0.2, 0.25) is 10.0 Å². The molecule has 1 fully saturated rings. The molecule has 1 aliphatic rings. The first-order valence-electron chi connectivity index (χ1n) is 10.9. The lowest BCUT2D eigenvalue weighted by Gasteiger charge is -2.21. The maximum atomic E-state index is 12.9. The van der Waals surface area contributed by atoms with Crippen molar-refractivity contribution in [2.24, 2.45) is 0 Å². The number of halogens is 1. The van der Waals surface area contributed by atoms with E-state index in [1.165, 1.54) is 12.1 Å². The summed E-state index contributed by atoms with van der Waals surface area (Å²) >= 11 is 6.14. The van der Waals surface area contributed by atoms with Crippen molar-refractivity contribution in [1.29, 1.82) is 0 Å². The van der Waals surface area contributed by atoms with Gasteiger partial charge in [-0.05, 0) is 53.3 Å². The Labute approximate surface area is 203 Å². The van der Waals surface area contributed by atoms with Crippen molar-refractivity contribution in [2.45, 2.75) is 36.6 Å². The molecule has 176 valence electrons. The third kappa shape index (κ3) is 5.22. The molecule has 6 nitrogen and oxygen atoms in total. The van der Waals surface area contributed by atoms with E-state index in [0.717, 1.165) is 26.6 Å². The van der Waals surface area contributed by atoms with Gasteiger partial charge < -0.3 is 5.11 Å². The number of carbonyl (C=O) groups is 2. The fourth-order valence-electron chi connectivity index (χ4n) is 4.19. The topological polar surface area (TPSA) is 91.8 Å². The summed E-state index contributed by atoms with van der Waals surface area (Å²) in [6, 6.07) is 20.2. The number of ketones is 1. The number of nitrogens with zero attached hydrogens (tertiary/aromatic N) is 1. The number of carboxylic acids is 1. The van der Waals surface area contributed by atoms with E-state index in [0.29, 0.717) is 24.3 Å². The molecule has 1 heterocycles. The molecule has 3 aromatic carbocycles. The van der Waals surface area contributed by atoms with Gasteiger partial charge in [0.05, 0.1) is 4.90 Å². The Morgan fingerprint density at radius 2 is 1.53 bits per heavy atom. The fraction of sp³-hybridized carbons (Fsp3) is 0.231. The number of hydrogen-bond acceptors (Lipinski definition) is 4. The van der Waals surface area contributed by atoms with Crippen LogP contribution in [0.5, 0.6) is 0 Å². The molecule has 1 atom stereocenters. The zero-order chi connectivity index (χ0) is 24.3. The molecule has 1 aliphatic heterocycles. The van der Waals surface area contributed by atoms with Crippen LogP contribution in [-0.4, -0.2) is 42.2 Å². The van der Waals surface area contributed by atoms with Gasteiger partial charge in [-0.25, -0.2) is 8.42 Å². The maximum Gasteiger partial charge on any atom is 0.322 e. The van der Waals surface area contributed by atoms with E-state index in [9.17, 15) is 23.1 Å². The molecule has 0 aromatic heterocycles. The normalized spacial score (nSPS) is 16.4. The first-order chi connectivity index (χ1) is 16.3. The van der Waals surface area contributed by atoms with Crippen molar-refractivity contribution in [1.82, 2.24) is 4.31 Å². The Hall–Kier alpha value is -3.00. The van der Waals surface area contributed by atoms with Crippen molar-refractivity contribution >= 4 is 33.4 Å². The molecule has 8 heteroatoms. The summed E-state index contributed by atoms with van der Waals surface area (Å²) in [4.78, 5) is 23.9. The predicted octanol–water partition coefficient (Wildman–Crippen LogP) is 4.60. The van der Waals surface area contributed by atoms with Gasteiger partial charge in [0.25, 0.3) is 0 Å². The second kappa shape index (κ2) is 10.1. The third-order valence-electron chi connectivity index (χ3n) is 5.98. The van der Waals surface area contributed by atoms with Gasteiger partial charge in [-0.1, -0.05) is 66.2 Å². The molecular formula is C26H24ClNO5S. The Morgan fingerprint density at radius 1 is 0.912 bits per heavy atom. The number of Topliss-reactive ketones (excluding diaryl/α,β-unsaturated/α-hetero) is 1. The number of sulfonamides is 1. The molecule has 0 saturated carbocycles. The maximum absolute atomic E-state index is 12.9. The van der Waals surface area contributed by atoms with Gasteiger partial charge in [-0.3, -0.25) is 9.59 Å². The minimum absolute atomic E-state index is 0.0667. The lowest BCUT2D eigenvalue weighted by Crippen LogP contribution is -2.40. The monoisotopic (exact) mass is 497 g/mol. The Morgan fingerprint density at radius 3 is 2.15 bits per heavy atom. The lowest BCUT2D eigenvalue weighted by molar-refractivity contribution is -0.140. The number of aliphatic carboxylic acids is 1. The molecule has 34 heavy (non-hydrogen) atoms. The van der Waals surface area contributed by atoms with E-state index in [-0.39, 0.29) is 23.6 Å². The van der Waals surface area contributed by atoms with E-state index in [4.69, 9.17) is 11.6 Å². The minimum Gasteiger partial charge on any atom is -0.480 e. The Kier molecular flexibility index (Phi) is 7.16. The third-order valence-corrected chi connectivity index (χ3v) is 8.27.